The molecule has 34 heavy (non-hydrogen) atoms. The summed E-state index contributed by atoms with van der Waals surface area (Å²) in [5, 5.41) is 9.44. The molecule has 1 fully saturated rings. The van der Waals surface area contributed by atoms with E-state index in [1.54, 1.807) is 21.7 Å². The van der Waals surface area contributed by atoms with Crippen LogP contribution in [0.2, 0.25) is 0 Å². The highest BCUT2D eigenvalue weighted by Crippen LogP contribution is 2.26. The molecule has 0 radical (unpaired) electrons. The molecule has 7 nitrogen and oxygen atoms in total. The molecule has 0 bridgehead atoms. The van der Waals surface area contributed by atoms with E-state index >= 15 is 0 Å². The Morgan fingerprint density at radius 1 is 1.18 bits per heavy atom. The van der Waals surface area contributed by atoms with Crippen molar-refractivity contribution in [3.8, 4) is 16.4 Å². The molecular formula is C25H30FN5O2S. The SMILES string of the molecule is CCCCCCNC(=O)C1CCCN(C(=O)c2nc(-c3cccs3)n(-c3ccc(F)cc3)n2)C1. The number of carbonyl (C=O) groups excluding carboxylic acids is 2. The van der Waals surface area contributed by atoms with Crippen LogP contribution >= 0.6 is 11.3 Å². The predicted octanol–water partition coefficient (Wildman–Crippen LogP) is 4.68. The molecule has 0 aliphatic carbocycles. The molecule has 1 aliphatic rings. The molecule has 1 N–H and O–H groups in total. The maximum atomic E-state index is 13.5. The topological polar surface area (TPSA) is 80.1 Å². The highest BCUT2D eigenvalue weighted by Gasteiger charge is 2.31. The van der Waals surface area contributed by atoms with Gasteiger partial charge in [-0.25, -0.2) is 14.1 Å². The fraction of sp³-hybridized carbons (Fsp3) is 0.440. The number of aromatic nitrogens is 3. The first-order valence-corrected chi connectivity index (χ1v) is 12.8. The molecule has 2 aromatic heterocycles. The number of halogens is 1. The summed E-state index contributed by atoms with van der Waals surface area (Å²) in [6.45, 7) is 3.77. The van der Waals surface area contributed by atoms with Gasteiger partial charge in [0.2, 0.25) is 11.7 Å². The molecule has 1 aromatic carbocycles. The van der Waals surface area contributed by atoms with Crippen molar-refractivity contribution in [1.82, 2.24) is 25.0 Å². The number of likely N-dealkylation sites (tertiary alicyclic amines) is 1. The Bertz CT molecular complexity index is 1100. The molecule has 1 unspecified atom stereocenters. The van der Waals surface area contributed by atoms with E-state index in [2.05, 4.69) is 22.3 Å². The number of hydrogen-bond donors (Lipinski definition) is 1. The first-order valence-electron chi connectivity index (χ1n) is 11.9. The van der Waals surface area contributed by atoms with Crippen LogP contribution in [0.15, 0.2) is 41.8 Å². The monoisotopic (exact) mass is 483 g/mol. The second-order valence-electron chi connectivity index (χ2n) is 8.57. The smallest absolute Gasteiger partial charge is 0.293 e. The number of nitrogens with zero attached hydrogens (tertiary/aromatic N) is 4. The predicted molar refractivity (Wildman–Crippen MR) is 130 cm³/mol. The summed E-state index contributed by atoms with van der Waals surface area (Å²) in [4.78, 5) is 33.0. The van der Waals surface area contributed by atoms with E-state index in [-0.39, 0.29) is 29.4 Å². The Balaban J connectivity index is 1.48. The van der Waals surface area contributed by atoms with E-state index in [9.17, 15) is 14.0 Å². The van der Waals surface area contributed by atoms with Crippen molar-refractivity contribution in [3.05, 3.63) is 53.4 Å². The molecule has 9 heteroatoms. The molecule has 4 rings (SSSR count). The van der Waals surface area contributed by atoms with Crippen molar-refractivity contribution in [2.75, 3.05) is 19.6 Å². The molecule has 3 heterocycles. The zero-order chi connectivity index (χ0) is 23.9. The lowest BCUT2D eigenvalue weighted by Gasteiger charge is -2.31. The Hall–Kier alpha value is -3.07. The first kappa shape index (κ1) is 24.1. The van der Waals surface area contributed by atoms with Gasteiger partial charge in [-0.15, -0.1) is 16.4 Å². The van der Waals surface area contributed by atoms with E-state index in [1.165, 1.54) is 29.9 Å². The van der Waals surface area contributed by atoms with Crippen molar-refractivity contribution in [2.45, 2.75) is 45.4 Å². The number of thiophene rings is 1. The number of hydrogen-bond acceptors (Lipinski definition) is 5. The Kier molecular flexibility index (Phi) is 8.05. The normalized spacial score (nSPS) is 15.9. The fourth-order valence-electron chi connectivity index (χ4n) is 4.16. The minimum absolute atomic E-state index is 0.0121. The largest absolute Gasteiger partial charge is 0.356 e. The van der Waals surface area contributed by atoms with Gasteiger partial charge in [0, 0.05) is 19.6 Å². The second kappa shape index (κ2) is 11.4. The zero-order valence-corrected chi connectivity index (χ0v) is 20.2. The molecular weight excluding hydrogens is 453 g/mol. The number of piperidine rings is 1. The molecule has 180 valence electrons. The van der Waals surface area contributed by atoms with Crippen molar-refractivity contribution in [3.63, 3.8) is 0 Å². The minimum Gasteiger partial charge on any atom is -0.356 e. The van der Waals surface area contributed by atoms with Gasteiger partial charge >= 0.3 is 0 Å². The van der Waals surface area contributed by atoms with Gasteiger partial charge in [0.15, 0.2) is 5.82 Å². The third-order valence-corrected chi connectivity index (χ3v) is 6.89. The zero-order valence-electron chi connectivity index (χ0n) is 19.4. The molecule has 0 saturated carbocycles. The quantitative estimate of drug-likeness (QED) is 0.448. The molecule has 1 saturated heterocycles. The van der Waals surface area contributed by atoms with Gasteiger partial charge < -0.3 is 10.2 Å². The fourth-order valence-corrected chi connectivity index (χ4v) is 4.85. The van der Waals surface area contributed by atoms with Gasteiger partial charge in [0.1, 0.15) is 5.82 Å². The summed E-state index contributed by atoms with van der Waals surface area (Å²) >= 11 is 1.49. The standard InChI is InChI=1S/C25H30FN5O2S/c1-2-3-4-5-14-27-24(32)18-8-6-15-30(17-18)25(33)22-28-23(21-9-7-16-34-21)31(29-22)20-12-10-19(26)11-13-20/h7,9-13,16,18H,2-6,8,14-15,17H2,1H3,(H,27,32). The van der Waals surface area contributed by atoms with E-state index in [0.717, 1.165) is 37.0 Å². The summed E-state index contributed by atoms with van der Waals surface area (Å²) in [5.41, 5.74) is 0.621. The Morgan fingerprint density at radius 3 is 2.74 bits per heavy atom. The average molecular weight is 484 g/mol. The molecule has 0 spiro atoms. The Labute approximate surface area is 203 Å². The van der Waals surface area contributed by atoms with Gasteiger partial charge in [-0.3, -0.25) is 9.59 Å². The first-order chi connectivity index (χ1) is 16.6. The average Bonchev–Trinajstić information content (AvgIpc) is 3.54. The highest BCUT2D eigenvalue weighted by atomic mass is 32.1. The number of amides is 2. The van der Waals surface area contributed by atoms with E-state index in [1.807, 2.05) is 17.5 Å². The lowest BCUT2D eigenvalue weighted by atomic mass is 9.97. The van der Waals surface area contributed by atoms with Gasteiger partial charge in [-0.2, -0.15) is 0 Å². The summed E-state index contributed by atoms with van der Waals surface area (Å²) in [6, 6.07) is 9.74. The van der Waals surface area contributed by atoms with Crippen LogP contribution in [0.25, 0.3) is 16.4 Å². The van der Waals surface area contributed by atoms with Crippen LogP contribution in [0.4, 0.5) is 4.39 Å². The Morgan fingerprint density at radius 2 is 2.00 bits per heavy atom. The summed E-state index contributed by atoms with van der Waals surface area (Å²) in [7, 11) is 0. The lowest BCUT2D eigenvalue weighted by molar-refractivity contribution is -0.126. The number of rotatable bonds is 9. The third kappa shape index (κ3) is 5.70. The third-order valence-electron chi connectivity index (χ3n) is 6.02. The van der Waals surface area contributed by atoms with Crippen molar-refractivity contribution in [1.29, 1.82) is 0 Å². The van der Waals surface area contributed by atoms with Gasteiger partial charge in [-0.05, 0) is 55.0 Å². The molecule has 2 amide bonds. The summed E-state index contributed by atoms with van der Waals surface area (Å²) in [6.07, 6.45) is 5.95. The van der Waals surface area contributed by atoms with Gasteiger partial charge in [-0.1, -0.05) is 32.3 Å². The van der Waals surface area contributed by atoms with E-state index in [0.29, 0.717) is 31.1 Å². The van der Waals surface area contributed by atoms with Crippen LogP contribution in [0.1, 0.15) is 56.1 Å². The number of nitrogens with one attached hydrogen (secondary N) is 1. The maximum absolute atomic E-state index is 13.5. The second-order valence-corrected chi connectivity index (χ2v) is 9.51. The number of benzene rings is 1. The lowest BCUT2D eigenvalue weighted by Crippen LogP contribution is -2.45. The molecule has 1 aliphatic heterocycles. The van der Waals surface area contributed by atoms with E-state index in [4.69, 9.17) is 0 Å². The summed E-state index contributed by atoms with van der Waals surface area (Å²) < 4.78 is 15.0. The minimum atomic E-state index is -0.346. The van der Waals surface area contributed by atoms with Crippen molar-refractivity contribution in [2.24, 2.45) is 5.92 Å². The van der Waals surface area contributed by atoms with Crippen LogP contribution in [-0.4, -0.2) is 51.1 Å². The van der Waals surface area contributed by atoms with Crippen LogP contribution in [-0.2, 0) is 4.79 Å². The van der Waals surface area contributed by atoms with Crippen LogP contribution in [0.3, 0.4) is 0 Å². The highest BCUT2D eigenvalue weighted by molar-refractivity contribution is 7.13. The van der Waals surface area contributed by atoms with Crippen LogP contribution < -0.4 is 5.32 Å². The van der Waals surface area contributed by atoms with E-state index < -0.39 is 0 Å². The van der Waals surface area contributed by atoms with Gasteiger partial charge in [0.05, 0.1) is 16.5 Å². The molecule has 3 aromatic rings. The molecule has 1 atom stereocenters. The van der Waals surface area contributed by atoms with Crippen LogP contribution in [0.5, 0.6) is 0 Å². The maximum Gasteiger partial charge on any atom is 0.293 e. The summed E-state index contributed by atoms with van der Waals surface area (Å²) in [5.74, 6) is -0.241. The van der Waals surface area contributed by atoms with Crippen LogP contribution in [0, 0.1) is 11.7 Å². The van der Waals surface area contributed by atoms with Crippen molar-refractivity contribution < 1.29 is 14.0 Å². The van der Waals surface area contributed by atoms with Gasteiger partial charge in [0.25, 0.3) is 5.91 Å². The number of unbranched alkanes of at least 4 members (excludes halogenated alkanes) is 3. The van der Waals surface area contributed by atoms with Crippen molar-refractivity contribution >= 4 is 23.2 Å². The number of carbonyl (C=O) groups is 2.